The van der Waals surface area contributed by atoms with Crippen LogP contribution in [0.5, 0.6) is 0 Å². The zero-order valence-corrected chi connectivity index (χ0v) is 11.5. The fraction of sp³-hybridized carbons (Fsp3) is 0.600. The van der Waals surface area contributed by atoms with Crippen molar-refractivity contribution >= 4 is 0 Å². The standard InChI is InChI=1S/C15H21F3N2/c16-15(17,18)8-4-9-19-14-7-10-20(12-14)11-13-5-2-1-3-6-13/h1-3,5-6,14,19H,4,7-12H2. The van der Waals surface area contributed by atoms with Crippen LogP contribution in [0.1, 0.15) is 24.8 Å². The Hall–Kier alpha value is -1.07. The van der Waals surface area contributed by atoms with Gasteiger partial charge in [-0.3, -0.25) is 4.90 Å². The zero-order chi connectivity index (χ0) is 14.4. The first kappa shape index (κ1) is 15.3. The Morgan fingerprint density at radius 3 is 2.65 bits per heavy atom. The molecule has 20 heavy (non-hydrogen) atoms. The lowest BCUT2D eigenvalue weighted by Gasteiger charge is -2.17. The molecule has 1 aromatic carbocycles. The highest BCUT2D eigenvalue weighted by molar-refractivity contribution is 5.14. The van der Waals surface area contributed by atoms with E-state index in [2.05, 4.69) is 22.3 Å². The summed E-state index contributed by atoms with van der Waals surface area (Å²) in [6.07, 6.45) is -3.55. The Labute approximate surface area is 118 Å². The van der Waals surface area contributed by atoms with Gasteiger partial charge in [-0.25, -0.2) is 0 Å². The fourth-order valence-corrected chi connectivity index (χ4v) is 2.58. The van der Waals surface area contributed by atoms with Gasteiger partial charge in [-0.15, -0.1) is 0 Å². The van der Waals surface area contributed by atoms with Crippen LogP contribution < -0.4 is 5.32 Å². The molecule has 1 aliphatic rings. The van der Waals surface area contributed by atoms with Crippen molar-refractivity contribution in [1.29, 1.82) is 0 Å². The minimum atomic E-state index is -4.03. The molecule has 0 aromatic heterocycles. The van der Waals surface area contributed by atoms with Gasteiger partial charge in [-0.2, -0.15) is 13.2 Å². The summed E-state index contributed by atoms with van der Waals surface area (Å²) in [4.78, 5) is 2.34. The molecule has 1 N–H and O–H groups in total. The van der Waals surface area contributed by atoms with Crippen LogP contribution in [0.3, 0.4) is 0 Å². The third kappa shape index (κ3) is 5.51. The molecular formula is C15H21F3N2. The first-order valence-electron chi connectivity index (χ1n) is 7.09. The highest BCUT2D eigenvalue weighted by Gasteiger charge is 2.26. The molecular weight excluding hydrogens is 265 g/mol. The van der Waals surface area contributed by atoms with Gasteiger partial charge in [0.25, 0.3) is 0 Å². The maximum Gasteiger partial charge on any atom is 0.389 e. The van der Waals surface area contributed by atoms with Gasteiger partial charge in [0.05, 0.1) is 0 Å². The maximum atomic E-state index is 12.0. The molecule has 5 heteroatoms. The molecule has 1 heterocycles. The molecule has 1 fully saturated rings. The van der Waals surface area contributed by atoms with E-state index in [1.807, 2.05) is 18.2 Å². The second-order valence-corrected chi connectivity index (χ2v) is 5.38. The van der Waals surface area contributed by atoms with Crippen molar-refractivity contribution in [1.82, 2.24) is 10.2 Å². The number of nitrogens with one attached hydrogen (secondary N) is 1. The summed E-state index contributed by atoms with van der Waals surface area (Å²) >= 11 is 0. The number of hydrogen-bond donors (Lipinski definition) is 1. The largest absolute Gasteiger partial charge is 0.389 e. The van der Waals surface area contributed by atoms with E-state index in [0.29, 0.717) is 12.6 Å². The molecule has 1 unspecified atom stereocenters. The smallest absolute Gasteiger partial charge is 0.313 e. The van der Waals surface area contributed by atoms with E-state index >= 15 is 0 Å². The first-order chi connectivity index (χ1) is 9.53. The molecule has 112 valence electrons. The van der Waals surface area contributed by atoms with Crippen molar-refractivity contribution < 1.29 is 13.2 Å². The van der Waals surface area contributed by atoms with Gasteiger partial charge in [-0.05, 0) is 24.9 Å². The lowest BCUT2D eigenvalue weighted by Crippen LogP contribution is -2.33. The van der Waals surface area contributed by atoms with Gasteiger partial charge in [0.15, 0.2) is 0 Å². The molecule has 0 aliphatic carbocycles. The molecule has 1 aliphatic heterocycles. The van der Waals surface area contributed by atoms with E-state index in [1.54, 1.807) is 0 Å². The number of rotatable bonds is 6. The minimum Gasteiger partial charge on any atom is -0.313 e. The van der Waals surface area contributed by atoms with Crippen molar-refractivity contribution in [3.8, 4) is 0 Å². The molecule has 2 nitrogen and oxygen atoms in total. The van der Waals surface area contributed by atoms with E-state index in [1.165, 1.54) is 5.56 Å². The van der Waals surface area contributed by atoms with Crippen LogP contribution >= 0.6 is 0 Å². The van der Waals surface area contributed by atoms with Crippen molar-refractivity contribution in [3.63, 3.8) is 0 Å². The molecule has 1 atom stereocenters. The average Bonchev–Trinajstić information content (AvgIpc) is 2.82. The molecule has 0 radical (unpaired) electrons. The van der Waals surface area contributed by atoms with Crippen LogP contribution in [0.4, 0.5) is 13.2 Å². The summed E-state index contributed by atoms with van der Waals surface area (Å²) in [5.41, 5.74) is 1.28. The number of benzene rings is 1. The number of halogens is 3. The molecule has 0 saturated carbocycles. The molecule has 1 aromatic rings. The molecule has 0 spiro atoms. The van der Waals surface area contributed by atoms with Crippen LogP contribution in [0.15, 0.2) is 30.3 Å². The van der Waals surface area contributed by atoms with Gasteiger partial charge in [0.1, 0.15) is 0 Å². The number of nitrogens with zero attached hydrogens (tertiary/aromatic N) is 1. The Morgan fingerprint density at radius 2 is 1.95 bits per heavy atom. The van der Waals surface area contributed by atoms with Gasteiger partial charge in [0.2, 0.25) is 0 Å². The summed E-state index contributed by atoms with van der Waals surface area (Å²) < 4.78 is 36.1. The topological polar surface area (TPSA) is 15.3 Å². The van der Waals surface area contributed by atoms with Crippen LogP contribution in [0.2, 0.25) is 0 Å². The van der Waals surface area contributed by atoms with Crippen LogP contribution in [-0.4, -0.2) is 36.8 Å². The first-order valence-corrected chi connectivity index (χ1v) is 7.09. The Balaban J connectivity index is 1.63. The Kier molecular flexibility index (Phi) is 5.43. The average molecular weight is 286 g/mol. The van der Waals surface area contributed by atoms with E-state index in [4.69, 9.17) is 0 Å². The number of likely N-dealkylation sites (tertiary alicyclic amines) is 1. The Bertz CT molecular complexity index is 392. The van der Waals surface area contributed by atoms with Gasteiger partial charge < -0.3 is 5.32 Å². The van der Waals surface area contributed by atoms with Gasteiger partial charge >= 0.3 is 6.18 Å². The maximum absolute atomic E-state index is 12.0. The van der Waals surface area contributed by atoms with Gasteiger partial charge in [-0.1, -0.05) is 30.3 Å². The lowest BCUT2D eigenvalue weighted by molar-refractivity contribution is -0.135. The zero-order valence-electron chi connectivity index (χ0n) is 11.5. The predicted molar refractivity (Wildman–Crippen MR) is 73.4 cm³/mol. The summed E-state index contributed by atoms with van der Waals surface area (Å²) in [6.45, 7) is 3.29. The van der Waals surface area contributed by atoms with Crippen molar-refractivity contribution in [2.45, 2.75) is 38.0 Å². The van der Waals surface area contributed by atoms with E-state index < -0.39 is 12.6 Å². The summed E-state index contributed by atoms with van der Waals surface area (Å²) in [5.74, 6) is 0. The highest BCUT2D eigenvalue weighted by Crippen LogP contribution is 2.21. The second kappa shape index (κ2) is 7.09. The third-order valence-electron chi connectivity index (χ3n) is 3.59. The SMILES string of the molecule is FC(F)(F)CCCNC1CCN(Cc2ccccc2)C1. The quantitative estimate of drug-likeness (QED) is 0.808. The molecule has 0 bridgehead atoms. The molecule has 2 rings (SSSR count). The number of hydrogen-bond acceptors (Lipinski definition) is 2. The van der Waals surface area contributed by atoms with Crippen molar-refractivity contribution in [3.05, 3.63) is 35.9 Å². The lowest BCUT2D eigenvalue weighted by atomic mass is 10.2. The molecule has 0 amide bonds. The second-order valence-electron chi connectivity index (χ2n) is 5.38. The van der Waals surface area contributed by atoms with E-state index in [9.17, 15) is 13.2 Å². The Morgan fingerprint density at radius 1 is 1.20 bits per heavy atom. The summed E-state index contributed by atoms with van der Waals surface area (Å²) in [6, 6.07) is 10.6. The molecule has 1 saturated heterocycles. The monoisotopic (exact) mass is 286 g/mol. The number of alkyl halides is 3. The van der Waals surface area contributed by atoms with Gasteiger partial charge in [0, 0.05) is 32.1 Å². The predicted octanol–water partition coefficient (Wildman–Crippen LogP) is 3.19. The van der Waals surface area contributed by atoms with Crippen molar-refractivity contribution in [2.24, 2.45) is 0 Å². The summed E-state index contributed by atoms with van der Waals surface area (Å²) in [5, 5.41) is 3.23. The normalized spacial score (nSPS) is 20.4. The van der Waals surface area contributed by atoms with E-state index in [0.717, 1.165) is 26.1 Å². The van der Waals surface area contributed by atoms with Crippen LogP contribution in [0.25, 0.3) is 0 Å². The summed E-state index contributed by atoms with van der Waals surface area (Å²) in [7, 11) is 0. The third-order valence-corrected chi connectivity index (χ3v) is 3.59. The minimum absolute atomic E-state index is 0.165. The van der Waals surface area contributed by atoms with Crippen LogP contribution in [0, 0.1) is 0 Å². The fourth-order valence-electron chi connectivity index (χ4n) is 2.58. The van der Waals surface area contributed by atoms with E-state index in [-0.39, 0.29) is 6.42 Å². The van der Waals surface area contributed by atoms with Crippen molar-refractivity contribution in [2.75, 3.05) is 19.6 Å². The highest BCUT2D eigenvalue weighted by atomic mass is 19.4. The van der Waals surface area contributed by atoms with Crippen LogP contribution in [-0.2, 0) is 6.54 Å².